The Morgan fingerprint density at radius 1 is 0.962 bits per heavy atom. The molecular formula is C20H26N2O3S. The van der Waals surface area contributed by atoms with E-state index in [9.17, 15) is 13.2 Å². The fourth-order valence-corrected chi connectivity index (χ4v) is 4.12. The molecule has 0 radical (unpaired) electrons. The van der Waals surface area contributed by atoms with E-state index in [1.54, 1.807) is 0 Å². The van der Waals surface area contributed by atoms with Crippen LogP contribution < -0.4 is 9.62 Å². The number of sulfonamides is 1. The quantitative estimate of drug-likeness (QED) is 0.838. The first-order valence-electron chi connectivity index (χ1n) is 8.50. The zero-order valence-electron chi connectivity index (χ0n) is 16.0. The van der Waals surface area contributed by atoms with Gasteiger partial charge in [-0.1, -0.05) is 35.4 Å². The van der Waals surface area contributed by atoms with Crippen LogP contribution in [0.4, 0.5) is 11.4 Å². The molecule has 0 unspecified atom stereocenters. The summed E-state index contributed by atoms with van der Waals surface area (Å²) in [4.78, 5) is 12.3. The second kappa shape index (κ2) is 7.91. The standard InChI is InChI=1S/C20H26N2O3S/c1-14-6-8-18(9-7-14)21-19(23)10-11-22(26(5,24)25)20-16(3)12-15(2)13-17(20)4/h6-9,12-13H,10-11H2,1-5H3,(H,21,23). The van der Waals surface area contributed by atoms with E-state index < -0.39 is 10.0 Å². The van der Waals surface area contributed by atoms with Crippen LogP contribution in [0.15, 0.2) is 36.4 Å². The molecule has 0 saturated carbocycles. The molecule has 0 heterocycles. The monoisotopic (exact) mass is 374 g/mol. The third-order valence-corrected chi connectivity index (χ3v) is 5.33. The van der Waals surface area contributed by atoms with Crippen molar-refractivity contribution in [1.82, 2.24) is 0 Å². The maximum atomic E-state index is 12.3. The van der Waals surface area contributed by atoms with Crippen molar-refractivity contribution in [2.45, 2.75) is 34.1 Å². The molecule has 0 fully saturated rings. The number of nitrogens with zero attached hydrogens (tertiary/aromatic N) is 1. The van der Waals surface area contributed by atoms with Crippen LogP contribution in [0.5, 0.6) is 0 Å². The summed E-state index contributed by atoms with van der Waals surface area (Å²) in [7, 11) is -3.50. The first kappa shape index (κ1) is 20.0. The highest BCUT2D eigenvalue weighted by Crippen LogP contribution is 2.28. The lowest BCUT2D eigenvalue weighted by Gasteiger charge is -2.26. The molecule has 0 aliphatic carbocycles. The lowest BCUT2D eigenvalue weighted by atomic mass is 10.1. The molecule has 0 bridgehead atoms. The van der Waals surface area contributed by atoms with Crippen LogP contribution in [0.1, 0.15) is 28.7 Å². The normalized spacial score (nSPS) is 11.3. The molecule has 0 aliphatic rings. The van der Waals surface area contributed by atoms with Gasteiger partial charge in [0.15, 0.2) is 0 Å². The minimum atomic E-state index is -3.50. The van der Waals surface area contributed by atoms with Gasteiger partial charge in [-0.3, -0.25) is 9.10 Å². The first-order valence-corrected chi connectivity index (χ1v) is 10.3. The van der Waals surface area contributed by atoms with E-state index in [0.717, 1.165) is 22.3 Å². The molecular weight excluding hydrogens is 348 g/mol. The van der Waals surface area contributed by atoms with E-state index in [0.29, 0.717) is 11.4 Å². The number of benzene rings is 2. The first-order chi connectivity index (χ1) is 12.1. The van der Waals surface area contributed by atoms with E-state index in [-0.39, 0.29) is 18.9 Å². The minimum Gasteiger partial charge on any atom is -0.326 e. The Morgan fingerprint density at radius 2 is 1.50 bits per heavy atom. The summed E-state index contributed by atoms with van der Waals surface area (Å²) in [5.41, 5.74) is 5.31. The molecule has 2 aromatic carbocycles. The third kappa shape index (κ3) is 5.08. The maximum absolute atomic E-state index is 12.3. The second-order valence-electron chi connectivity index (χ2n) is 6.75. The number of nitrogens with one attached hydrogen (secondary N) is 1. The van der Waals surface area contributed by atoms with Crippen molar-refractivity contribution in [3.63, 3.8) is 0 Å². The van der Waals surface area contributed by atoms with Gasteiger partial charge in [-0.15, -0.1) is 0 Å². The topological polar surface area (TPSA) is 66.5 Å². The largest absolute Gasteiger partial charge is 0.326 e. The summed E-state index contributed by atoms with van der Waals surface area (Å²) in [6.45, 7) is 7.83. The van der Waals surface area contributed by atoms with Crippen LogP contribution >= 0.6 is 0 Å². The zero-order valence-corrected chi connectivity index (χ0v) is 16.8. The maximum Gasteiger partial charge on any atom is 0.232 e. The van der Waals surface area contributed by atoms with Gasteiger partial charge >= 0.3 is 0 Å². The molecule has 26 heavy (non-hydrogen) atoms. The molecule has 0 aliphatic heterocycles. The molecule has 2 rings (SSSR count). The predicted octanol–water partition coefficient (Wildman–Crippen LogP) is 3.72. The Balaban J connectivity index is 2.17. The molecule has 0 aromatic heterocycles. The van der Waals surface area contributed by atoms with Gasteiger partial charge in [-0.05, 0) is 51.0 Å². The molecule has 1 amide bonds. The van der Waals surface area contributed by atoms with Gasteiger partial charge in [0.05, 0.1) is 11.9 Å². The van der Waals surface area contributed by atoms with Crippen LogP contribution in [0, 0.1) is 27.7 Å². The lowest BCUT2D eigenvalue weighted by molar-refractivity contribution is -0.116. The number of carbonyl (C=O) groups is 1. The Morgan fingerprint density at radius 3 is 2.00 bits per heavy atom. The van der Waals surface area contributed by atoms with Gasteiger partial charge < -0.3 is 5.32 Å². The van der Waals surface area contributed by atoms with Crippen LogP contribution in [-0.2, 0) is 14.8 Å². The summed E-state index contributed by atoms with van der Waals surface area (Å²) in [6, 6.07) is 11.4. The SMILES string of the molecule is Cc1ccc(NC(=O)CCN(c2c(C)cc(C)cc2C)S(C)(=O)=O)cc1. The number of hydrogen-bond donors (Lipinski definition) is 1. The van der Waals surface area contributed by atoms with Gasteiger partial charge in [0, 0.05) is 18.7 Å². The number of anilines is 2. The van der Waals surface area contributed by atoms with Gasteiger partial charge in [0.25, 0.3) is 0 Å². The Kier molecular flexibility index (Phi) is 6.08. The van der Waals surface area contributed by atoms with E-state index in [2.05, 4.69) is 5.32 Å². The summed E-state index contributed by atoms with van der Waals surface area (Å²) in [5.74, 6) is -0.218. The van der Waals surface area contributed by atoms with Crippen molar-refractivity contribution in [2.24, 2.45) is 0 Å². The van der Waals surface area contributed by atoms with Gasteiger partial charge in [-0.2, -0.15) is 0 Å². The second-order valence-corrected chi connectivity index (χ2v) is 8.65. The highest BCUT2D eigenvalue weighted by Gasteiger charge is 2.22. The summed E-state index contributed by atoms with van der Waals surface area (Å²) >= 11 is 0. The van der Waals surface area contributed by atoms with Gasteiger partial charge in [0.1, 0.15) is 0 Å². The molecule has 2 aromatic rings. The number of hydrogen-bond acceptors (Lipinski definition) is 3. The number of aryl methyl sites for hydroxylation is 4. The Bertz CT molecular complexity index is 880. The molecule has 5 nitrogen and oxygen atoms in total. The van der Waals surface area contributed by atoms with Gasteiger partial charge in [-0.25, -0.2) is 8.42 Å². The molecule has 1 N–H and O–H groups in total. The Hall–Kier alpha value is -2.34. The average Bonchev–Trinajstić information content (AvgIpc) is 2.50. The minimum absolute atomic E-state index is 0.0771. The molecule has 140 valence electrons. The Labute approximate surface area is 156 Å². The molecule has 0 atom stereocenters. The average molecular weight is 375 g/mol. The van der Waals surface area contributed by atoms with E-state index in [4.69, 9.17) is 0 Å². The lowest BCUT2D eigenvalue weighted by Crippen LogP contribution is -2.34. The van der Waals surface area contributed by atoms with E-state index >= 15 is 0 Å². The molecule has 0 spiro atoms. The molecule has 0 saturated heterocycles. The summed E-state index contributed by atoms with van der Waals surface area (Å²) in [6.07, 6.45) is 1.25. The van der Waals surface area contributed by atoms with Crippen molar-refractivity contribution in [3.05, 3.63) is 58.7 Å². The summed E-state index contributed by atoms with van der Waals surface area (Å²) < 4.78 is 26.0. The van der Waals surface area contributed by atoms with Crippen LogP contribution in [0.2, 0.25) is 0 Å². The van der Waals surface area contributed by atoms with E-state index in [1.165, 1.54) is 10.6 Å². The van der Waals surface area contributed by atoms with E-state index in [1.807, 2.05) is 64.1 Å². The van der Waals surface area contributed by atoms with Gasteiger partial charge in [0.2, 0.25) is 15.9 Å². The number of carbonyl (C=O) groups excluding carboxylic acids is 1. The molecule has 6 heteroatoms. The number of amides is 1. The highest BCUT2D eigenvalue weighted by molar-refractivity contribution is 7.92. The predicted molar refractivity (Wildman–Crippen MR) is 107 cm³/mol. The fraction of sp³-hybridized carbons (Fsp3) is 0.350. The van der Waals surface area contributed by atoms with Crippen molar-refractivity contribution in [2.75, 3.05) is 22.4 Å². The summed E-state index contributed by atoms with van der Waals surface area (Å²) in [5, 5.41) is 2.81. The van der Waals surface area contributed by atoms with Crippen molar-refractivity contribution in [3.8, 4) is 0 Å². The zero-order chi connectivity index (χ0) is 19.5. The van der Waals surface area contributed by atoms with Crippen molar-refractivity contribution in [1.29, 1.82) is 0 Å². The van der Waals surface area contributed by atoms with Crippen molar-refractivity contribution < 1.29 is 13.2 Å². The van der Waals surface area contributed by atoms with Crippen LogP contribution in [-0.4, -0.2) is 27.1 Å². The smallest absolute Gasteiger partial charge is 0.232 e. The highest BCUT2D eigenvalue weighted by atomic mass is 32.2. The number of rotatable bonds is 6. The van der Waals surface area contributed by atoms with Crippen LogP contribution in [0.3, 0.4) is 0 Å². The van der Waals surface area contributed by atoms with Crippen LogP contribution in [0.25, 0.3) is 0 Å². The van der Waals surface area contributed by atoms with Crippen molar-refractivity contribution >= 4 is 27.3 Å². The fourth-order valence-electron chi connectivity index (χ4n) is 3.07. The third-order valence-electron chi connectivity index (χ3n) is 4.16.